The van der Waals surface area contributed by atoms with Crippen LogP contribution in [0.5, 0.6) is 0 Å². The first kappa shape index (κ1) is 17.8. The average Bonchev–Trinajstić information content (AvgIpc) is 2.41. The highest BCUT2D eigenvalue weighted by Crippen LogP contribution is 2.09. The summed E-state index contributed by atoms with van der Waals surface area (Å²) in [5.41, 5.74) is 0.967. The minimum absolute atomic E-state index is 0.0186. The zero-order valence-corrected chi connectivity index (χ0v) is 13.8. The highest BCUT2D eigenvalue weighted by Gasteiger charge is 2.15. The van der Waals surface area contributed by atoms with E-state index in [0.29, 0.717) is 5.56 Å². The molecule has 118 valence electrons. The number of hydrogen-bond donors (Lipinski definition) is 1. The zero-order chi connectivity index (χ0) is 16.8. The molecule has 0 heterocycles. The van der Waals surface area contributed by atoms with Gasteiger partial charge in [-0.3, -0.25) is 4.79 Å². The van der Waals surface area contributed by atoms with E-state index in [1.807, 2.05) is 13.8 Å². The second-order valence-electron chi connectivity index (χ2n) is 6.25. The molecule has 0 aliphatic carbocycles. The van der Waals surface area contributed by atoms with Gasteiger partial charge in [0.05, 0.1) is 6.54 Å². The Balaban J connectivity index is 2.52. The monoisotopic (exact) mass is 301 g/mol. The van der Waals surface area contributed by atoms with Gasteiger partial charge in [0, 0.05) is 17.0 Å². The Kier molecular flexibility index (Phi) is 6.18. The molecule has 0 atom stereocenters. The molecule has 0 spiro atoms. The third kappa shape index (κ3) is 6.45. The first-order chi connectivity index (χ1) is 10.2. The predicted octanol–water partition coefficient (Wildman–Crippen LogP) is 3.40. The lowest BCUT2D eigenvalue weighted by molar-refractivity contribution is 0.0535. The third-order valence-electron chi connectivity index (χ3n) is 2.65. The van der Waals surface area contributed by atoms with Crippen molar-refractivity contribution in [1.82, 2.24) is 5.32 Å². The van der Waals surface area contributed by atoms with E-state index in [0.717, 1.165) is 5.56 Å². The van der Waals surface area contributed by atoms with Crippen molar-refractivity contribution in [3.63, 3.8) is 0 Å². The summed E-state index contributed by atoms with van der Waals surface area (Å²) in [6.45, 7) is 9.37. The van der Waals surface area contributed by atoms with Crippen molar-refractivity contribution in [3.8, 4) is 11.8 Å². The van der Waals surface area contributed by atoms with E-state index in [2.05, 4.69) is 17.2 Å². The first-order valence-corrected chi connectivity index (χ1v) is 7.29. The normalized spacial score (nSPS) is 10.6. The molecule has 0 radical (unpaired) electrons. The van der Waals surface area contributed by atoms with Gasteiger partial charge in [-0.15, -0.1) is 0 Å². The average molecular weight is 301 g/mol. The molecule has 1 amide bonds. The number of carbonyl (C=O) groups is 2. The van der Waals surface area contributed by atoms with Gasteiger partial charge in [-0.05, 0) is 32.9 Å². The third-order valence-corrected chi connectivity index (χ3v) is 2.65. The first-order valence-electron chi connectivity index (χ1n) is 7.29. The van der Waals surface area contributed by atoms with Gasteiger partial charge in [0.1, 0.15) is 5.60 Å². The Morgan fingerprint density at radius 1 is 1.18 bits per heavy atom. The summed E-state index contributed by atoms with van der Waals surface area (Å²) in [6.07, 6.45) is -0.486. The molecular formula is C18H23NO3. The van der Waals surface area contributed by atoms with Gasteiger partial charge in [0.25, 0.3) is 0 Å². The second-order valence-corrected chi connectivity index (χ2v) is 6.25. The molecule has 0 saturated carbocycles. The van der Waals surface area contributed by atoms with Gasteiger partial charge in [0.2, 0.25) is 0 Å². The van der Waals surface area contributed by atoms with E-state index < -0.39 is 11.7 Å². The fourth-order valence-electron chi connectivity index (χ4n) is 1.63. The van der Waals surface area contributed by atoms with E-state index in [9.17, 15) is 9.59 Å². The molecule has 1 N–H and O–H groups in total. The van der Waals surface area contributed by atoms with Crippen molar-refractivity contribution in [2.75, 3.05) is 6.54 Å². The molecule has 1 aromatic rings. The predicted molar refractivity (Wildman–Crippen MR) is 86.7 cm³/mol. The number of benzene rings is 1. The molecule has 0 saturated heterocycles. The maximum Gasteiger partial charge on any atom is 0.408 e. The van der Waals surface area contributed by atoms with Crippen LogP contribution in [0, 0.1) is 17.8 Å². The zero-order valence-electron chi connectivity index (χ0n) is 13.8. The maximum atomic E-state index is 11.8. The molecule has 0 aliphatic heterocycles. The molecule has 0 aliphatic rings. The van der Waals surface area contributed by atoms with E-state index in [1.54, 1.807) is 45.0 Å². The Bertz CT molecular complexity index is 583. The smallest absolute Gasteiger partial charge is 0.408 e. The summed E-state index contributed by atoms with van der Waals surface area (Å²) in [6, 6.07) is 7.15. The summed E-state index contributed by atoms with van der Waals surface area (Å²) in [4.78, 5) is 23.2. The van der Waals surface area contributed by atoms with Crippen molar-refractivity contribution in [1.29, 1.82) is 0 Å². The molecular weight excluding hydrogens is 278 g/mol. The largest absolute Gasteiger partial charge is 0.444 e. The van der Waals surface area contributed by atoms with Crippen LogP contribution in [0.4, 0.5) is 4.79 Å². The van der Waals surface area contributed by atoms with Crippen LogP contribution in [-0.4, -0.2) is 24.0 Å². The Labute approximate surface area is 132 Å². The molecule has 0 bridgehead atoms. The van der Waals surface area contributed by atoms with Crippen LogP contribution in [0.15, 0.2) is 24.3 Å². The van der Waals surface area contributed by atoms with Crippen LogP contribution in [0.3, 0.4) is 0 Å². The number of amides is 1. The number of carbonyl (C=O) groups excluding carboxylic acids is 2. The molecule has 0 aromatic heterocycles. The quantitative estimate of drug-likeness (QED) is 0.687. The number of alkyl carbamates (subject to hydrolysis) is 1. The number of ketones is 1. The van der Waals surface area contributed by atoms with Crippen molar-refractivity contribution in [2.24, 2.45) is 5.92 Å². The van der Waals surface area contributed by atoms with Gasteiger partial charge >= 0.3 is 6.09 Å². The van der Waals surface area contributed by atoms with Crippen LogP contribution >= 0.6 is 0 Å². The van der Waals surface area contributed by atoms with E-state index in [1.165, 1.54) is 0 Å². The van der Waals surface area contributed by atoms with E-state index in [-0.39, 0.29) is 18.2 Å². The Morgan fingerprint density at radius 2 is 1.77 bits per heavy atom. The molecule has 4 nitrogen and oxygen atoms in total. The SMILES string of the molecule is CC(C)C(=O)c1ccc(C#CCNC(=O)OC(C)(C)C)cc1. The highest BCUT2D eigenvalue weighted by atomic mass is 16.6. The van der Waals surface area contributed by atoms with Crippen LogP contribution < -0.4 is 5.32 Å². The van der Waals surface area contributed by atoms with Crippen LogP contribution in [0.25, 0.3) is 0 Å². The molecule has 22 heavy (non-hydrogen) atoms. The number of Topliss-reactive ketones (excluding diaryl/α,β-unsaturated/α-hetero) is 1. The topological polar surface area (TPSA) is 55.4 Å². The summed E-state index contributed by atoms with van der Waals surface area (Å²) in [5, 5.41) is 2.57. The van der Waals surface area contributed by atoms with Crippen molar-refractivity contribution in [3.05, 3.63) is 35.4 Å². The highest BCUT2D eigenvalue weighted by molar-refractivity contribution is 5.97. The fraction of sp³-hybridized carbons (Fsp3) is 0.444. The van der Waals surface area contributed by atoms with Gasteiger partial charge in [-0.25, -0.2) is 4.79 Å². The van der Waals surface area contributed by atoms with E-state index >= 15 is 0 Å². The standard InChI is InChI=1S/C18H23NO3/c1-13(2)16(20)15-10-8-14(9-11-15)7-6-12-19-17(21)22-18(3,4)5/h8-11,13H,12H2,1-5H3,(H,19,21). The molecule has 1 rings (SSSR count). The van der Waals surface area contributed by atoms with Crippen LogP contribution in [0.1, 0.15) is 50.5 Å². The minimum Gasteiger partial charge on any atom is -0.444 e. The van der Waals surface area contributed by atoms with Gasteiger partial charge in [-0.1, -0.05) is 37.8 Å². The minimum atomic E-state index is -0.518. The van der Waals surface area contributed by atoms with Gasteiger partial charge < -0.3 is 10.1 Å². The fourth-order valence-corrected chi connectivity index (χ4v) is 1.63. The number of rotatable bonds is 3. The molecule has 1 aromatic carbocycles. The lowest BCUT2D eigenvalue weighted by Crippen LogP contribution is -2.32. The lowest BCUT2D eigenvalue weighted by atomic mass is 10.0. The van der Waals surface area contributed by atoms with Crippen molar-refractivity contribution in [2.45, 2.75) is 40.2 Å². The van der Waals surface area contributed by atoms with Crippen LogP contribution in [0.2, 0.25) is 0 Å². The summed E-state index contributed by atoms with van der Waals surface area (Å²) in [7, 11) is 0. The number of ether oxygens (including phenoxy) is 1. The van der Waals surface area contributed by atoms with Gasteiger partial charge in [-0.2, -0.15) is 0 Å². The Hall–Kier alpha value is -2.28. The van der Waals surface area contributed by atoms with Crippen molar-refractivity contribution >= 4 is 11.9 Å². The van der Waals surface area contributed by atoms with Gasteiger partial charge in [0.15, 0.2) is 5.78 Å². The Morgan fingerprint density at radius 3 is 2.27 bits per heavy atom. The summed E-state index contributed by atoms with van der Waals surface area (Å²) >= 11 is 0. The van der Waals surface area contributed by atoms with Crippen molar-refractivity contribution < 1.29 is 14.3 Å². The number of nitrogens with one attached hydrogen (secondary N) is 1. The van der Waals surface area contributed by atoms with E-state index in [4.69, 9.17) is 4.74 Å². The molecule has 0 unspecified atom stereocenters. The molecule has 4 heteroatoms. The maximum absolute atomic E-state index is 11.8. The van der Waals surface area contributed by atoms with Crippen LogP contribution in [-0.2, 0) is 4.74 Å². The summed E-state index contributed by atoms with van der Waals surface area (Å²) < 4.78 is 5.10. The summed E-state index contributed by atoms with van der Waals surface area (Å²) in [5.74, 6) is 5.87. The lowest BCUT2D eigenvalue weighted by Gasteiger charge is -2.18. The second kappa shape index (κ2) is 7.65. The number of hydrogen-bond acceptors (Lipinski definition) is 3. The molecule has 0 fully saturated rings.